The molecule has 0 aliphatic rings. The number of aromatic nitrogens is 1. The Labute approximate surface area is 364 Å². The average Bonchev–Trinajstić information content (AvgIpc) is 3.59. The molecule has 308 valence electrons. The first-order valence-corrected chi connectivity index (χ1v) is 22.5. The van der Waals surface area contributed by atoms with E-state index in [0.29, 0.717) is 0 Å². The summed E-state index contributed by atoms with van der Waals surface area (Å²) in [6, 6.07) is 60.3. The van der Waals surface area contributed by atoms with Gasteiger partial charge in [-0.2, -0.15) is 0 Å². The molecule has 2 aromatic heterocycles. The maximum absolute atomic E-state index is 7.43. The van der Waals surface area contributed by atoms with E-state index in [1.165, 1.54) is 40.4 Å². The normalized spacial score (nSPS) is 13.3. The highest BCUT2D eigenvalue weighted by atomic mass is 31.0. The van der Waals surface area contributed by atoms with Crippen molar-refractivity contribution in [2.45, 2.75) is 79.9 Å². The summed E-state index contributed by atoms with van der Waals surface area (Å²) in [6.07, 6.45) is -0.432. The van der Waals surface area contributed by atoms with Crippen LogP contribution in [0.25, 0.3) is 48.8 Å². The third-order valence-electron chi connectivity index (χ3n) is 11.5. The van der Waals surface area contributed by atoms with Crippen LogP contribution < -0.4 is 9.47 Å². The van der Waals surface area contributed by atoms with Gasteiger partial charge in [-0.3, -0.25) is 0 Å². The van der Waals surface area contributed by atoms with E-state index < -0.39 is 0 Å². The number of fused-ring (bicyclic) bond motifs is 6. The van der Waals surface area contributed by atoms with E-state index in [1.807, 2.05) is 0 Å². The minimum absolute atomic E-state index is 0.0773. The zero-order chi connectivity index (χ0) is 42.9. The lowest BCUT2D eigenvalue weighted by Gasteiger charge is -2.35. The second-order valence-electron chi connectivity index (χ2n) is 19.3. The highest BCUT2D eigenvalue weighted by Gasteiger charge is 2.34. The molecule has 0 saturated carbocycles. The van der Waals surface area contributed by atoms with Crippen molar-refractivity contribution in [1.82, 2.24) is 4.57 Å². The Hall–Kier alpha value is -5.89. The van der Waals surface area contributed by atoms with Crippen LogP contribution in [0.15, 0.2) is 176 Å². The first kappa shape index (κ1) is 41.8. The zero-order valence-electron chi connectivity index (χ0n) is 37.1. The van der Waals surface area contributed by atoms with Gasteiger partial charge in [0, 0.05) is 26.7 Å². The summed E-state index contributed by atoms with van der Waals surface area (Å²) < 4.78 is 17.0. The van der Waals surface area contributed by atoms with Gasteiger partial charge in [-0.1, -0.05) is 210 Å². The highest BCUT2D eigenvalue weighted by molar-refractivity contribution is 7.36. The molecule has 7 aromatic carbocycles. The standard InChI is InChI=1S/C44H49NO2.C13H9P/c1-42(2,3)34-25-17-19-27-36(34)45-35-26-18-16-24-32(35)33-28-29-37(46-40(43(4,5)6)30-20-12-10-13-21-30)39(38(33)45)47-41(44(7,8)9)31-22-14-11-15-23-31;1-2-5-11-10(4-1)7-8-13-12(11)6-3-9-14-13/h10-29,40-41H,1-9H3;1-9H. The maximum atomic E-state index is 7.43. The first-order chi connectivity index (χ1) is 29.2. The van der Waals surface area contributed by atoms with Crippen LogP contribution in [-0.4, -0.2) is 4.57 Å². The lowest BCUT2D eigenvalue weighted by atomic mass is 9.84. The van der Waals surface area contributed by atoms with Crippen molar-refractivity contribution in [3.05, 3.63) is 192 Å². The third-order valence-corrected chi connectivity index (χ3v) is 12.5. The van der Waals surface area contributed by atoms with Crippen molar-refractivity contribution in [3.8, 4) is 17.2 Å². The number of hydrogen-bond donors (Lipinski definition) is 0. The van der Waals surface area contributed by atoms with Crippen LogP contribution in [0.2, 0.25) is 0 Å². The Morgan fingerprint density at radius 2 is 1.02 bits per heavy atom. The monoisotopic (exact) mass is 819 g/mol. The molecule has 0 saturated heterocycles. The lowest BCUT2D eigenvalue weighted by molar-refractivity contribution is 0.0620. The quantitative estimate of drug-likeness (QED) is 0.150. The third kappa shape index (κ3) is 8.68. The average molecular weight is 820 g/mol. The molecule has 0 aliphatic heterocycles. The molecular weight excluding hydrogens is 762 g/mol. The largest absolute Gasteiger partial charge is 0.481 e. The molecule has 9 rings (SSSR count). The summed E-state index contributed by atoms with van der Waals surface area (Å²) in [7, 11) is 1.31. The Balaban J connectivity index is 0.000000306. The molecule has 2 heterocycles. The Bertz CT molecular complexity index is 2870. The minimum Gasteiger partial charge on any atom is -0.481 e. The summed E-state index contributed by atoms with van der Waals surface area (Å²) >= 11 is 0. The van der Waals surface area contributed by atoms with Crippen LogP contribution in [0, 0.1) is 10.8 Å². The van der Waals surface area contributed by atoms with Gasteiger partial charge in [0.05, 0.1) is 11.2 Å². The summed E-state index contributed by atoms with van der Waals surface area (Å²) in [5.74, 6) is 3.68. The minimum atomic E-state index is -0.231. The number of benzene rings is 7. The van der Waals surface area contributed by atoms with Crippen molar-refractivity contribution in [2.24, 2.45) is 10.8 Å². The van der Waals surface area contributed by atoms with Gasteiger partial charge in [0.15, 0.2) is 11.5 Å². The molecule has 0 aliphatic carbocycles. The maximum Gasteiger partial charge on any atom is 0.186 e. The van der Waals surface area contributed by atoms with E-state index in [-0.39, 0.29) is 28.5 Å². The van der Waals surface area contributed by atoms with E-state index in [4.69, 9.17) is 9.47 Å². The predicted octanol–water partition coefficient (Wildman–Crippen LogP) is 17.0. The zero-order valence-corrected chi connectivity index (χ0v) is 38.0. The number of nitrogens with zero attached hydrogens (tertiary/aromatic N) is 1. The van der Waals surface area contributed by atoms with Crippen molar-refractivity contribution in [2.75, 3.05) is 0 Å². The van der Waals surface area contributed by atoms with Gasteiger partial charge in [-0.05, 0) is 74.4 Å². The smallest absolute Gasteiger partial charge is 0.186 e. The summed E-state index contributed by atoms with van der Waals surface area (Å²) in [5, 5.41) is 7.80. The Morgan fingerprint density at radius 1 is 0.459 bits per heavy atom. The summed E-state index contributed by atoms with van der Waals surface area (Å²) in [4.78, 5) is 0. The van der Waals surface area contributed by atoms with Gasteiger partial charge in [-0.15, -0.1) is 0 Å². The molecule has 0 N–H and O–H groups in total. The fourth-order valence-corrected chi connectivity index (χ4v) is 9.42. The van der Waals surface area contributed by atoms with Gasteiger partial charge in [0.1, 0.15) is 17.7 Å². The van der Waals surface area contributed by atoms with E-state index in [1.54, 1.807) is 0 Å². The van der Waals surface area contributed by atoms with E-state index in [9.17, 15) is 0 Å². The number of ether oxygens (including phenoxy) is 2. The fraction of sp³-hybridized carbons (Fsp3) is 0.246. The van der Waals surface area contributed by atoms with Gasteiger partial charge in [0.25, 0.3) is 0 Å². The molecule has 0 amide bonds. The molecule has 4 heteroatoms. The van der Waals surface area contributed by atoms with Crippen molar-refractivity contribution < 1.29 is 9.47 Å². The summed E-state index contributed by atoms with van der Waals surface area (Å²) in [5.41, 5.74) is 6.40. The molecule has 0 radical (unpaired) electrons. The molecule has 2 atom stereocenters. The van der Waals surface area contributed by atoms with Gasteiger partial charge >= 0.3 is 0 Å². The molecule has 3 nitrogen and oxygen atoms in total. The molecule has 0 spiro atoms. The number of para-hydroxylation sites is 2. The first-order valence-electron chi connectivity index (χ1n) is 21.5. The van der Waals surface area contributed by atoms with Crippen LogP contribution in [-0.2, 0) is 5.41 Å². The van der Waals surface area contributed by atoms with Crippen LogP contribution >= 0.6 is 8.19 Å². The van der Waals surface area contributed by atoms with Gasteiger partial charge < -0.3 is 14.0 Å². The number of hydrogen-bond acceptors (Lipinski definition) is 2. The lowest BCUT2D eigenvalue weighted by Crippen LogP contribution is -2.26. The molecule has 61 heavy (non-hydrogen) atoms. The van der Waals surface area contributed by atoms with E-state index in [0.717, 1.165) is 44.7 Å². The summed E-state index contributed by atoms with van der Waals surface area (Å²) in [6.45, 7) is 20.3. The Morgan fingerprint density at radius 3 is 1.67 bits per heavy atom. The topological polar surface area (TPSA) is 23.4 Å². The van der Waals surface area contributed by atoms with Crippen molar-refractivity contribution >= 4 is 51.3 Å². The highest BCUT2D eigenvalue weighted by Crippen LogP contribution is 2.50. The second-order valence-corrected chi connectivity index (χ2v) is 20.4. The SMILES string of the molecule is CC(C)(C)c1ccccc1-n1c2ccccc2c2ccc(OC(c3ccccc3)C(C)(C)C)c(OC(c3ccccc3)C(C)(C)C)c21.c1ccc2c(c1)ccc1pcccc12. The van der Waals surface area contributed by atoms with E-state index in [2.05, 4.69) is 243 Å². The Kier molecular flexibility index (Phi) is 11.6. The molecule has 9 aromatic rings. The van der Waals surface area contributed by atoms with Crippen molar-refractivity contribution in [1.29, 1.82) is 0 Å². The van der Waals surface area contributed by atoms with Crippen LogP contribution in [0.5, 0.6) is 11.5 Å². The van der Waals surface area contributed by atoms with Crippen molar-refractivity contribution in [3.63, 3.8) is 0 Å². The molecule has 2 unspecified atom stereocenters. The molecule has 0 bridgehead atoms. The molecule has 0 fully saturated rings. The second kappa shape index (κ2) is 16.9. The van der Waals surface area contributed by atoms with Crippen LogP contribution in [0.3, 0.4) is 0 Å². The number of rotatable bonds is 7. The van der Waals surface area contributed by atoms with Crippen LogP contribution in [0.1, 0.15) is 91.2 Å². The van der Waals surface area contributed by atoms with E-state index >= 15 is 0 Å². The molecular formula is C57H58NO2P. The van der Waals surface area contributed by atoms with Gasteiger partial charge in [0.2, 0.25) is 0 Å². The van der Waals surface area contributed by atoms with Crippen LogP contribution in [0.4, 0.5) is 0 Å². The van der Waals surface area contributed by atoms with Gasteiger partial charge in [-0.25, -0.2) is 0 Å². The predicted molar refractivity (Wildman–Crippen MR) is 262 cm³/mol. The fourth-order valence-electron chi connectivity index (χ4n) is 8.59.